The van der Waals surface area contributed by atoms with Crippen LogP contribution in [-0.4, -0.2) is 9.78 Å². The zero-order chi connectivity index (χ0) is 16.3. The predicted octanol–water partition coefficient (Wildman–Crippen LogP) is 5.32. The zero-order valence-corrected chi connectivity index (χ0v) is 15.4. The second-order valence-corrected chi connectivity index (χ2v) is 8.40. The molecule has 0 fully saturated rings. The summed E-state index contributed by atoms with van der Waals surface area (Å²) in [6.45, 7) is 22.4. The van der Waals surface area contributed by atoms with Gasteiger partial charge in [0.2, 0.25) is 0 Å². The highest BCUT2D eigenvalue weighted by Crippen LogP contribution is 2.38. The van der Waals surface area contributed by atoms with Gasteiger partial charge in [0, 0.05) is 10.8 Å². The Morgan fingerprint density at radius 2 is 1.19 bits per heavy atom. The van der Waals surface area contributed by atoms with Gasteiger partial charge in [0.15, 0.2) is 0 Å². The van der Waals surface area contributed by atoms with Gasteiger partial charge in [0.25, 0.3) is 0 Å². The summed E-state index contributed by atoms with van der Waals surface area (Å²) in [4.78, 5) is 0. The lowest BCUT2D eigenvalue weighted by molar-refractivity contribution is 0.359. The van der Waals surface area contributed by atoms with E-state index in [1.165, 1.54) is 38.9 Å². The molecule has 0 amide bonds. The van der Waals surface area contributed by atoms with Crippen molar-refractivity contribution >= 4 is 10.9 Å². The van der Waals surface area contributed by atoms with E-state index in [-0.39, 0.29) is 11.0 Å². The minimum Gasteiger partial charge on any atom is -0.259 e. The lowest BCUT2D eigenvalue weighted by Crippen LogP contribution is -2.24. The second-order valence-electron chi connectivity index (χ2n) is 8.40. The molecular weight excluding hydrogens is 256 g/mol. The number of benzene rings is 1. The maximum absolute atomic E-state index is 5.05. The molecule has 0 aliphatic heterocycles. The third kappa shape index (κ3) is 2.39. The Morgan fingerprint density at radius 1 is 0.714 bits per heavy atom. The van der Waals surface area contributed by atoms with E-state index in [0.717, 1.165) is 0 Å². The van der Waals surface area contributed by atoms with Gasteiger partial charge in [0.1, 0.15) is 0 Å². The van der Waals surface area contributed by atoms with Crippen LogP contribution in [0.4, 0.5) is 0 Å². The normalized spacial score (nSPS) is 13.2. The monoisotopic (exact) mass is 286 g/mol. The van der Waals surface area contributed by atoms with Crippen molar-refractivity contribution in [2.75, 3.05) is 0 Å². The molecule has 0 saturated carbocycles. The third-order valence-electron chi connectivity index (χ3n) is 4.65. The van der Waals surface area contributed by atoms with E-state index < -0.39 is 0 Å². The van der Waals surface area contributed by atoms with Crippen molar-refractivity contribution in [2.24, 2.45) is 0 Å². The highest BCUT2D eigenvalue weighted by Gasteiger charge is 2.29. The van der Waals surface area contributed by atoms with Gasteiger partial charge in [-0.15, -0.1) is 0 Å². The molecule has 2 nitrogen and oxygen atoms in total. The van der Waals surface area contributed by atoms with E-state index >= 15 is 0 Å². The minimum atomic E-state index is -0.0132. The molecule has 2 aromatic rings. The molecule has 2 heteroatoms. The highest BCUT2D eigenvalue weighted by molar-refractivity contribution is 5.91. The molecule has 0 unspecified atom stereocenters. The first-order valence-corrected chi connectivity index (χ1v) is 7.87. The van der Waals surface area contributed by atoms with Gasteiger partial charge in [-0.3, -0.25) is 4.68 Å². The summed E-state index contributed by atoms with van der Waals surface area (Å²) in [5.41, 5.74) is 8.11. The van der Waals surface area contributed by atoms with E-state index in [1.54, 1.807) is 0 Å². The van der Waals surface area contributed by atoms with Crippen LogP contribution in [0.25, 0.3) is 10.9 Å². The fourth-order valence-electron chi connectivity index (χ4n) is 3.06. The highest BCUT2D eigenvalue weighted by atomic mass is 15.3. The third-order valence-corrected chi connectivity index (χ3v) is 4.65. The first-order valence-electron chi connectivity index (χ1n) is 7.87. The van der Waals surface area contributed by atoms with Gasteiger partial charge < -0.3 is 0 Å². The van der Waals surface area contributed by atoms with Crippen LogP contribution in [0.3, 0.4) is 0 Å². The number of aromatic nitrogens is 2. The fourth-order valence-corrected chi connectivity index (χ4v) is 3.06. The molecule has 1 heterocycles. The molecule has 21 heavy (non-hydrogen) atoms. The zero-order valence-electron chi connectivity index (χ0n) is 15.4. The molecule has 0 aliphatic carbocycles. The van der Waals surface area contributed by atoms with Crippen LogP contribution in [0.1, 0.15) is 69.5 Å². The molecule has 116 valence electrons. The number of nitrogens with zero attached hydrogens (tertiary/aromatic N) is 2. The first kappa shape index (κ1) is 16.1. The number of hydrogen-bond donors (Lipinski definition) is 0. The SMILES string of the molecule is Cc1c(C)c(C)c2c(c(C(C)(C)C)nn2C(C)(C)C)c1C. The van der Waals surface area contributed by atoms with Crippen molar-refractivity contribution in [3.05, 3.63) is 27.9 Å². The van der Waals surface area contributed by atoms with Crippen LogP contribution in [0.15, 0.2) is 0 Å². The van der Waals surface area contributed by atoms with E-state index in [4.69, 9.17) is 5.10 Å². The van der Waals surface area contributed by atoms with Crippen LogP contribution >= 0.6 is 0 Å². The molecule has 0 radical (unpaired) electrons. The van der Waals surface area contributed by atoms with E-state index in [2.05, 4.69) is 73.9 Å². The maximum Gasteiger partial charge on any atom is 0.0759 e. The van der Waals surface area contributed by atoms with Crippen molar-refractivity contribution in [2.45, 2.75) is 80.2 Å². The molecule has 0 saturated heterocycles. The fraction of sp³-hybridized carbons (Fsp3) is 0.632. The Hall–Kier alpha value is -1.31. The van der Waals surface area contributed by atoms with Gasteiger partial charge in [-0.05, 0) is 70.7 Å². The van der Waals surface area contributed by atoms with Crippen LogP contribution in [-0.2, 0) is 11.0 Å². The Morgan fingerprint density at radius 3 is 1.62 bits per heavy atom. The second kappa shape index (κ2) is 4.59. The van der Waals surface area contributed by atoms with Crippen LogP contribution in [0.5, 0.6) is 0 Å². The van der Waals surface area contributed by atoms with E-state index in [9.17, 15) is 0 Å². The summed E-state index contributed by atoms with van der Waals surface area (Å²) in [5, 5.41) is 6.41. The molecule has 0 atom stereocenters. The Labute approximate surface area is 129 Å². The number of rotatable bonds is 0. The lowest BCUT2D eigenvalue weighted by Gasteiger charge is -2.22. The lowest BCUT2D eigenvalue weighted by atomic mass is 9.86. The van der Waals surface area contributed by atoms with Crippen molar-refractivity contribution < 1.29 is 0 Å². The van der Waals surface area contributed by atoms with E-state index in [0.29, 0.717) is 0 Å². The van der Waals surface area contributed by atoms with Crippen molar-refractivity contribution in [1.82, 2.24) is 9.78 Å². The molecule has 0 aliphatic rings. The molecule has 1 aromatic heterocycles. The van der Waals surface area contributed by atoms with Crippen molar-refractivity contribution in [3.63, 3.8) is 0 Å². The van der Waals surface area contributed by atoms with Crippen molar-refractivity contribution in [3.8, 4) is 0 Å². The summed E-state index contributed by atoms with van der Waals surface area (Å²) >= 11 is 0. The molecular formula is C19H30N2. The number of hydrogen-bond acceptors (Lipinski definition) is 1. The Kier molecular flexibility index (Phi) is 3.51. The van der Waals surface area contributed by atoms with Crippen LogP contribution < -0.4 is 0 Å². The van der Waals surface area contributed by atoms with E-state index in [1.807, 2.05) is 0 Å². The molecule has 0 bridgehead atoms. The van der Waals surface area contributed by atoms with Gasteiger partial charge >= 0.3 is 0 Å². The average Bonchev–Trinajstić information content (AvgIpc) is 2.73. The van der Waals surface area contributed by atoms with Crippen molar-refractivity contribution in [1.29, 1.82) is 0 Å². The van der Waals surface area contributed by atoms with Gasteiger partial charge in [-0.1, -0.05) is 20.8 Å². The van der Waals surface area contributed by atoms with Crippen LogP contribution in [0.2, 0.25) is 0 Å². The summed E-state index contributed by atoms with van der Waals surface area (Å²) in [6.07, 6.45) is 0. The first-order chi connectivity index (χ1) is 9.37. The number of aryl methyl sites for hydroxylation is 2. The molecule has 0 N–H and O–H groups in total. The van der Waals surface area contributed by atoms with Gasteiger partial charge in [-0.25, -0.2) is 0 Å². The standard InChI is InChI=1S/C19H30N2/c1-11-12(2)14(4)16-15(13(11)3)17(18(5,6)7)20-21(16)19(8,9)10/h1-10H3. The summed E-state index contributed by atoms with van der Waals surface area (Å²) in [7, 11) is 0. The largest absolute Gasteiger partial charge is 0.259 e. The number of fused-ring (bicyclic) bond motifs is 1. The molecule has 2 rings (SSSR count). The molecule has 1 aromatic carbocycles. The quantitative estimate of drug-likeness (QED) is 0.640. The van der Waals surface area contributed by atoms with Gasteiger partial charge in [0.05, 0.1) is 16.7 Å². The summed E-state index contributed by atoms with van der Waals surface area (Å²) in [6, 6.07) is 0. The molecule has 0 spiro atoms. The Balaban J connectivity index is 3.11. The topological polar surface area (TPSA) is 17.8 Å². The minimum absolute atomic E-state index is 0.0132. The summed E-state index contributed by atoms with van der Waals surface area (Å²) in [5.74, 6) is 0. The maximum atomic E-state index is 5.05. The van der Waals surface area contributed by atoms with Crippen LogP contribution in [0, 0.1) is 27.7 Å². The van der Waals surface area contributed by atoms with Gasteiger partial charge in [-0.2, -0.15) is 5.10 Å². The average molecular weight is 286 g/mol. The predicted molar refractivity (Wildman–Crippen MR) is 92.4 cm³/mol. The summed E-state index contributed by atoms with van der Waals surface area (Å²) < 4.78 is 2.23. The smallest absolute Gasteiger partial charge is 0.0759 e. The Bertz CT molecular complexity index is 644.